The fourth-order valence-electron chi connectivity index (χ4n) is 0.0896. The minimum atomic E-state index is -0.502. The molecule has 0 saturated carbocycles. The van der Waals surface area contributed by atoms with Gasteiger partial charge in [-0.25, -0.2) is 0 Å². The summed E-state index contributed by atoms with van der Waals surface area (Å²) in [6.07, 6.45) is 4.67. The van der Waals surface area contributed by atoms with Gasteiger partial charge in [-0.3, -0.25) is 4.79 Å². The number of hydrogen-bond donors (Lipinski definition) is 1. The van der Waals surface area contributed by atoms with Crippen LogP contribution in [0.3, 0.4) is 0 Å². The van der Waals surface area contributed by atoms with Crippen molar-refractivity contribution in [3.8, 4) is 24.2 Å². The number of hydrogen-bond acceptors (Lipinski definition) is 1. The standard InChI is InChI=1S/C5H2OS/c1-2-3-4-5(6)7/h1H,(H,6,7). The van der Waals surface area contributed by atoms with Gasteiger partial charge >= 0.3 is 0 Å². The van der Waals surface area contributed by atoms with Gasteiger partial charge in [0.25, 0.3) is 5.12 Å². The highest BCUT2D eigenvalue weighted by atomic mass is 32.1. The summed E-state index contributed by atoms with van der Waals surface area (Å²) in [5, 5.41) is -0.502. The molecule has 0 fully saturated rings. The summed E-state index contributed by atoms with van der Waals surface area (Å²) in [5.41, 5.74) is 0. The van der Waals surface area contributed by atoms with Crippen LogP contribution in [0.5, 0.6) is 0 Å². The lowest BCUT2D eigenvalue weighted by Gasteiger charge is -1.60. The van der Waals surface area contributed by atoms with Crippen molar-refractivity contribution in [3.05, 3.63) is 0 Å². The van der Waals surface area contributed by atoms with E-state index in [1.807, 2.05) is 11.8 Å². The molecule has 2 heteroatoms. The van der Waals surface area contributed by atoms with E-state index in [-0.39, 0.29) is 0 Å². The maximum atomic E-state index is 9.80. The fraction of sp³-hybridized carbons (Fsp3) is 0. The second-order valence-electron chi connectivity index (χ2n) is 0.699. The Labute approximate surface area is 47.5 Å². The molecule has 0 unspecified atom stereocenters. The predicted molar refractivity (Wildman–Crippen MR) is 30.6 cm³/mol. The van der Waals surface area contributed by atoms with Gasteiger partial charge in [0.2, 0.25) is 0 Å². The molecule has 0 amide bonds. The molecule has 0 aromatic carbocycles. The Morgan fingerprint density at radius 1 is 1.71 bits per heavy atom. The van der Waals surface area contributed by atoms with Crippen LogP contribution in [-0.4, -0.2) is 5.12 Å². The van der Waals surface area contributed by atoms with Gasteiger partial charge in [-0.2, -0.15) is 0 Å². The van der Waals surface area contributed by atoms with Crippen molar-refractivity contribution in [2.24, 2.45) is 0 Å². The number of thiol groups is 1. The van der Waals surface area contributed by atoms with Crippen LogP contribution in [0.15, 0.2) is 0 Å². The van der Waals surface area contributed by atoms with Crippen LogP contribution in [0.4, 0.5) is 0 Å². The van der Waals surface area contributed by atoms with E-state index in [0.29, 0.717) is 0 Å². The molecule has 0 rings (SSSR count). The molecule has 0 aliphatic carbocycles. The summed E-state index contributed by atoms with van der Waals surface area (Å²) in [6, 6.07) is 0. The van der Waals surface area contributed by atoms with Crippen molar-refractivity contribution in [3.63, 3.8) is 0 Å². The van der Waals surface area contributed by atoms with Crippen LogP contribution in [0.25, 0.3) is 0 Å². The zero-order valence-corrected chi connectivity index (χ0v) is 4.33. The predicted octanol–water partition coefficient (Wildman–Crippen LogP) is 0.0794. The molecule has 0 atom stereocenters. The quantitative estimate of drug-likeness (QED) is 0.345. The number of terminal acetylenes is 1. The van der Waals surface area contributed by atoms with Crippen LogP contribution >= 0.6 is 12.6 Å². The first kappa shape index (κ1) is 6.14. The van der Waals surface area contributed by atoms with Gasteiger partial charge in [-0.05, 0) is 17.8 Å². The molecule has 0 heterocycles. The number of rotatable bonds is 0. The van der Waals surface area contributed by atoms with Crippen molar-refractivity contribution < 1.29 is 4.79 Å². The smallest absolute Gasteiger partial charge is 0.260 e. The van der Waals surface area contributed by atoms with E-state index >= 15 is 0 Å². The zero-order valence-electron chi connectivity index (χ0n) is 3.43. The van der Waals surface area contributed by atoms with Crippen molar-refractivity contribution >= 4 is 17.7 Å². The summed E-state index contributed by atoms with van der Waals surface area (Å²) >= 11 is 3.32. The molecule has 0 spiro atoms. The number of carbonyl (C=O) groups is 1. The van der Waals surface area contributed by atoms with Crippen molar-refractivity contribution in [2.45, 2.75) is 0 Å². The molecule has 0 aromatic heterocycles. The normalized spacial score (nSPS) is 5.14. The molecule has 0 radical (unpaired) electrons. The summed E-state index contributed by atoms with van der Waals surface area (Å²) < 4.78 is 0. The second-order valence-corrected chi connectivity index (χ2v) is 1.11. The van der Waals surface area contributed by atoms with Crippen molar-refractivity contribution in [1.82, 2.24) is 0 Å². The lowest BCUT2D eigenvalue weighted by Crippen LogP contribution is -1.72. The highest BCUT2D eigenvalue weighted by Crippen LogP contribution is 1.69. The van der Waals surface area contributed by atoms with Gasteiger partial charge in [0.05, 0.1) is 0 Å². The monoisotopic (exact) mass is 110 g/mol. The van der Waals surface area contributed by atoms with Gasteiger partial charge in [0, 0.05) is 0 Å². The maximum absolute atomic E-state index is 9.80. The molecular weight excluding hydrogens is 108 g/mol. The van der Waals surface area contributed by atoms with Gasteiger partial charge in [-0.15, -0.1) is 6.42 Å². The third-order valence-corrected chi connectivity index (χ3v) is 0.353. The van der Waals surface area contributed by atoms with Crippen molar-refractivity contribution in [1.29, 1.82) is 0 Å². The van der Waals surface area contributed by atoms with Crippen LogP contribution in [0.1, 0.15) is 0 Å². The van der Waals surface area contributed by atoms with Crippen LogP contribution < -0.4 is 0 Å². The average Bonchev–Trinajstić information content (AvgIpc) is 1.61. The van der Waals surface area contributed by atoms with E-state index in [2.05, 4.69) is 25.0 Å². The van der Waals surface area contributed by atoms with Gasteiger partial charge in [0.1, 0.15) is 0 Å². The Kier molecular flexibility index (Phi) is 2.92. The molecule has 0 aromatic rings. The van der Waals surface area contributed by atoms with Gasteiger partial charge in [0.15, 0.2) is 0 Å². The lowest BCUT2D eigenvalue weighted by atomic mass is 10.6. The highest BCUT2D eigenvalue weighted by molar-refractivity contribution is 7.97. The summed E-state index contributed by atoms with van der Waals surface area (Å²) in [6.45, 7) is 0. The Bertz CT molecular complexity index is 165. The summed E-state index contributed by atoms with van der Waals surface area (Å²) in [5.74, 6) is 6.10. The first-order valence-corrected chi connectivity index (χ1v) is 1.91. The molecule has 7 heavy (non-hydrogen) atoms. The van der Waals surface area contributed by atoms with Crippen LogP contribution in [0, 0.1) is 24.2 Å². The van der Waals surface area contributed by atoms with E-state index in [0.717, 1.165) is 0 Å². The zero-order chi connectivity index (χ0) is 5.70. The van der Waals surface area contributed by atoms with Crippen LogP contribution in [0.2, 0.25) is 0 Å². The Morgan fingerprint density at radius 3 is 2.43 bits per heavy atom. The SMILES string of the molecule is C#CC#CC(=O)S. The molecule has 0 aliphatic rings. The Balaban J connectivity index is 3.74. The first-order chi connectivity index (χ1) is 3.27. The Morgan fingerprint density at radius 2 is 2.29 bits per heavy atom. The molecular formula is C5H2OS. The van der Waals surface area contributed by atoms with Gasteiger partial charge < -0.3 is 0 Å². The van der Waals surface area contributed by atoms with E-state index in [1.165, 1.54) is 0 Å². The van der Waals surface area contributed by atoms with E-state index in [1.54, 1.807) is 0 Å². The molecule has 0 bridgehead atoms. The van der Waals surface area contributed by atoms with Gasteiger partial charge in [-0.1, -0.05) is 12.6 Å². The fourth-order valence-corrected chi connectivity index (χ4v) is 0.145. The van der Waals surface area contributed by atoms with Crippen molar-refractivity contribution in [2.75, 3.05) is 0 Å². The average molecular weight is 110 g/mol. The third kappa shape index (κ3) is 5.14. The number of carbonyl (C=O) groups excluding carboxylic acids is 1. The first-order valence-electron chi connectivity index (χ1n) is 1.47. The molecule has 0 N–H and O–H groups in total. The highest BCUT2D eigenvalue weighted by Gasteiger charge is 1.75. The molecule has 34 valence electrons. The minimum absolute atomic E-state index is 0.502. The van der Waals surface area contributed by atoms with E-state index < -0.39 is 5.12 Å². The minimum Gasteiger partial charge on any atom is -0.272 e. The topological polar surface area (TPSA) is 17.1 Å². The third-order valence-electron chi connectivity index (χ3n) is 0.242. The Hall–Kier alpha value is -0.860. The second kappa shape index (κ2) is 3.33. The molecule has 1 nitrogen and oxygen atoms in total. The largest absolute Gasteiger partial charge is 0.272 e. The molecule has 0 saturated heterocycles. The maximum Gasteiger partial charge on any atom is 0.260 e. The van der Waals surface area contributed by atoms with E-state index in [9.17, 15) is 4.79 Å². The van der Waals surface area contributed by atoms with E-state index in [4.69, 9.17) is 0 Å². The van der Waals surface area contributed by atoms with Crippen LogP contribution in [-0.2, 0) is 4.79 Å². The molecule has 0 aliphatic heterocycles. The lowest BCUT2D eigenvalue weighted by molar-refractivity contribution is -0.106. The summed E-state index contributed by atoms with van der Waals surface area (Å²) in [7, 11) is 0. The summed E-state index contributed by atoms with van der Waals surface area (Å²) in [4.78, 5) is 9.80.